The van der Waals surface area contributed by atoms with Crippen LogP contribution in [-0.4, -0.2) is 75.8 Å². The quantitative estimate of drug-likeness (QED) is 0.664. The number of likely N-dealkylation sites (tertiary alicyclic amines) is 1. The van der Waals surface area contributed by atoms with E-state index in [9.17, 15) is 0 Å². The molecule has 2 aliphatic rings. The minimum absolute atomic E-state index is 0.917. The third-order valence-corrected chi connectivity index (χ3v) is 4.31. The molecule has 2 aliphatic heterocycles. The Labute approximate surface area is 112 Å². The third kappa shape index (κ3) is 5.22. The smallest absolute Gasteiger partial charge is 0.0107 e. The molecule has 0 aliphatic carbocycles. The van der Waals surface area contributed by atoms with Crippen molar-refractivity contribution < 1.29 is 0 Å². The molecule has 18 heavy (non-hydrogen) atoms. The average Bonchev–Trinajstić information content (AvgIpc) is 2.42. The Morgan fingerprint density at radius 2 is 1.83 bits per heavy atom. The van der Waals surface area contributed by atoms with Crippen LogP contribution in [0.25, 0.3) is 0 Å². The van der Waals surface area contributed by atoms with E-state index < -0.39 is 0 Å². The lowest BCUT2D eigenvalue weighted by Gasteiger charge is -2.29. The lowest BCUT2D eigenvalue weighted by molar-refractivity contribution is 0.213. The van der Waals surface area contributed by atoms with Gasteiger partial charge in [0, 0.05) is 26.2 Å². The maximum Gasteiger partial charge on any atom is 0.0107 e. The number of nitrogens with zero attached hydrogens (tertiary/aromatic N) is 2. The molecule has 0 atom stereocenters. The number of piperazine rings is 1. The summed E-state index contributed by atoms with van der Waals surface area (Å²) in [5, 5.41) is 7.05. The van der Waals surface area contributed by atoms with E-state index in [-0.39, 0.29) is 0 Å². The van der Waals surface area contributed by atoms with Gasteiger partial charge in [-0.3, -0.25) is 0 Å². The first-order chi connectivity index (χ1) is 8.84. The van der Waals surface area contributed by atoms with E-state index in [1.165, 1.54) is 78.2 Å². The van der Waals surface area contributed by atoms with Gasteiger partial charge in [0.25, 0.3) is 0 Å². The Morgan fingerprint density at radius 1 is 1.11 bits per heavy atom. The molecule has 0 spiro atoms. The van der Waals surface area contributed by atoms with E-state index in [1.807, 2.05) is 0 Å². The molecule has 2 rings (SSSR count). The lowest BCUT2D eigenvalue weighted by atomic mass is 9.97. The van der Waals surface area contributed by atoms with Crippen LogP contribution < -0.4 is 10.6 Å². The maximum atomic E-state index is 3.65. The number of nitrogens with one attached hydrogen (secondary N) is 2. The van der Waals surface area contributed by atoms with Crippen LogP contribution in [0.1, 0.15) is 19.3 Å². The molecule has 0 aromatic heterocycles. The van der Waals surface area contributed by atoms with E-state index in [1.54, 1.807) is 0 Å². The highest BCUT2D eigenvalue weighted by molar-refractivity contribution is 4.72. The van der Waals surface area contributed by atoms with Crippen LogP contribution >= 0.6 is 0 Å². The fourth-order valence-corrected chi connectivity index (χ4v) is 2.93. The zero-order valence-electron chi connectivity index (χ0n) is 12.0. The van der Waals surface area contributed by atoms with Crippen LogP contribution in [0.2, 0.25) is 0 Å². The molecule has 2 saturated heterocycles. The SMILES string of the molecule is CN1CCC(CNCCCN2CCNCC2)CC1. The van der Waals surface area contributed by atoms with E-state index >= 15 is 0 Å². The van der Waals surface area contributed by atoms with Crippen LogP contribution in [0.15, 0.2) is 0 Å². The third-order valence-electron chi connectivity index (χ3n) is 4.31. The second-order valence-electron chi connectivity index (χ2n) is 5.90. The topological polar surface area (TPSA) is 30.5 Å². The summed E-state index contributed by atoms with van der Waals surface area (Å²) in [5.41, 5.74) is 0. The van der Waals surface area contributed by atoms with Gasteiger partial charge in [-0.15, -0.1) is 0 Å². The van der Waals surface area contributed by atoms with Gasteiger partial charge in [-0.1, -0.05) is 0 Å². The van der Waals surface area contributed by atoms with Crippen molar-refractivity contribution in [3.63, 3.8) is 0 Å². The van der Waals surface area contributed by atoms with Gasteiger partial charge in [0.1, 0.15) is 0 Å². The summed E-state index contributed by atoms with van der Waals surface area (Å²) in [6.07, 6.45) is 4.05. The fraction of sp³-hybridized carbons (Fsp3) is 1.00. The first-order valence-corrected chi connectivity index (χ1v) is 7.67. The van der Waals surface area contributed by atoms with Crippen molar-refractivity contribution in [1.29, 1.82) is 0 Å². The molecule has 0 radical (unpaired) electrons. The first-order valence-electron chi connectivity index (χ1n) is 7.67. The summed E-state index contributed by atoms with van der Waals surface area (Å²) in [6, 6.07) is 0. The molecule has 0 saturated carbocycles. The molecule has 2 N–H and O–H groups in total. The molecule has 2 fully saturated rings. The molecule has 106 valence electrons. The van der Waals surface area contributed by atoms with E-state index in [2.05, 4.69) is 27.5 Å². The molecule has 0 bridgehead atoms. The zero-order chi connectivity index (χ0) is 12.6. The molecular weight excluding hydrogens is 224 g/mol. The Balaban J connectivity index is 1.43. The second kappa shape index (κ2) is 8.10. The highest BCUT2D eigenvalue weighted by Crippen LogP contribution is 2.14. The predicted octanol–water partition coefficient (Wildman–Crippen LogP) is 0.213. The van der Waals surface area contributed by atoms with Crippen LogP contribution in [0, 0.1) is 5.92 Å². The number of hydrogen-bond acceptors (Lipinski definition) is 4. The van der Waals surface area contributed by atoms with Gasteiger partial charge < -0.3 is 20.4 Å². The van der Waals surface area contributed by atoms with Crippen molar-refractivity contribution in [3.8, 4) is 0 Å². The van der Waals surface area contributed by atoms with Crippen LogP contribution in [-0.2, 0) is 0 Å². The molecule has 0 aromatic carbocycles. The molecule has 4 nitrogen and oxygen atoms in total. The van der Waals surface area contributed by atoms with Crippen LogP contribution in [0.4, 0.5) is 0 Å². The standard InChI is InChI=1S/C14H30N4/c1-17-9-3-14(4-10-17)13-16-5-2-8-18-11-6-15-7-12-18/h14-16H,2-13H2,1H3. The fourth-order valence-electron chi connectivity index (χ4n) is 2.93. The van der Waals surface area contributed by atoms with Gasteiger partial charge >= 0.3 is 0 Å². The van der Waals surface area contributed by atoms with Crippen LogP contribution in [0.5, 0.6) is 0 Å². The molecule has 0 unspecified atom stereocenters. The Hall–Kier alpha value is -0.160. The summed E-state index contributed by atoms with van der Waals surface area (Å²) >= 11 is 0. The second-order valence-corrected chi connectivity index (χ2v) is 5.90. The normalized spacial score (nSPS) is 24.5. The highest BCUT2D eigenvalue weighted by Gasteiger charge is 2.15. The van der Waals surface area contributed by atoms with Gasteiger partial charge in [-0.2, -0.15) is 0 Å². The van der Waals surface area contributed by atoms with Gasteiger partial charge in [-0.05, 0) is 65.0 Å². The van der Waals surface area contributed by atoms with Gasteiger partial charge in [0.15, 0.2) is 0 Å². The monoisotopic (exact) mass is 254 g/mol. The molecule has 2 heterocycles. The van der Waals surface area contributed by atoms with E-state index in [0.29, 0.717) is 0 Å². The van der Waals surface area contributed by atoms with E-state index in [4.69, 9.17) is 0 Å². The minimum atomic E-state index is 0.917. The molecule has 0 amide bonds. The summed E-state index contributed by atoms with van der Waals surface area (Å²) < 4.78 is 0. The Kier molecular flexibility index (Phi) is 6.41. The maximum absolute atomic E-state index is 3.65. The minimum Gasteiger partial charge on any atom is -0.316 e. The number of piperidine rings is 1. The van der Waals surface area contributed by atoms with Gasteiger partial charge in [0.05, 0.1) is 0 Å². The van der Waals surface area contributed by atoms with E-state index in [0.717, 1.165) is 5.92 Å². The average molecular weight is 254 g/mol. The summed E-state index contributed by atoms with van der Waals surface area (Å²) in [5.74, 6) is 0.917. The Bertz CT molecular complexity index is 208. The highest BCUT2D eigenvalue weighted by atomic mass is 15.2. The lowest BCUT2D eigenvalue weighted by Crippen LogP contribution is -2.44. The van der Waals surface area contributed by atoms with Crippen molar-refractivity contribution >= 4 is 0 Å². The summed E-state index contributed by atoms with van der Waals surface area (Å²) in [7, 11) is 2.23. The van der Waals surface area contributed by atoms with Gasteiger partial charge in [-0.25, -0.2) is 0 Å². The zero-order valence-corrected chi connectivity index (χ0v) is 12.0. The van der Waals surface area contributed by atoms with Gasteiger partial charge in [0.2, 0.25) is 0 Å². The van der Waals surface area contributed by atoms with Crippen molar-refractivity contribution in [2.24, 2.45) is 5.92 Å². The van der Waals surface area contributed by atoms with Crippen molar-refractivity contribution in [2.75, 3.05) is 66.0 Å². The molecule has 0 aromatic rings. The number of rotatable bonds is 6. The largest absolute Gasteiger partial charge is 0.316 e. The number of hydrogen-bond donors (Lipinski definition) is 2. The summed E-state index contributed by atoms with van der Waals surface area (Å²) in [6.45, 7) is 11.1. The van der Waals surface area contributed by atoms with Crippen molar-refractivity contribution in [1.82, 2.24) is 20.4 Å². The summed E-state index contributed by atoms with van der Waals surface area (Å²) in [4.78, 5) is 5.02. The van der Waals surface area contributed by atoms with Crippen molar-refractivity contribution in [2.45, 2.75) is 19.3 Å². The molecule has 4 heteroatoms. The van der Waals surface area contributed by atoms with Crippen LogP contribution in [0.3, 0.4) is 0 Å². The predicted molar refractivity (Wildman–Crippen MR) is 77.0 cm³/mol. The van der Waals surface area contributed by atoms with Crippen molar-refractivity contribution in [3.05, 3.63) is 0 Å². The molecular formula is C14H30N4. The first kappa shape index (κ1) is 14.3. The Morgan fingerprint density at radius 3 is 2.56 bits per heavy atom.